The Morgan fingerprint density at radius 3 is 1.79 bits per heavy atom. The molecule has 0 aliphatic carbocycles. The molecule has 10 heteroatoms. The third kappa shape index (κ3) is 23.0. The van der Waals surface area contributed by atoms with Crippen LogP contribution in [0.15, 0.2) is 10.3 Å². The number of nitrogens with one attached hydrogen (secondary N) is 1. The summed E-state index contributed by atoms with van der Waals surface area (Å²) < 4.78 is 0. The van der Waals surface area contributed by atoms with E-state index in [1.165, 1.54) is 127 Å². The molecule has 1 aliphatic heterocycles. The molecule has 47 heavy (non-hydrogen) atoms. The van der Waals surface area contributed by atoms with E-state index in [1.54, 1.807) is 11.8 Å². The second kappa shape index (κ2) is 28.7. The Labute approximate surface area is 297 Å². The van der Waals surface area contributed by atoms with Gasteiger partial charge in [-0.15, -0.1) is 0 Å². The molecule has 1 aromatic rings. The fourth-order valence-electron chi connectivity index (χ4n) is 6.09. The first kappa shape index (κ1) is 42.1. The van der Waals surface area contributed by atoms with E-state index in [0.717, 1.165) is 69.4 Å². The van der Waals surface area contributed by atoms with Crippen LogP contribution in [0.1, 0.15) is 155 Å². The van der Waals surface area contributed by atoms with Crippen molar-refractivity contribution in [3.63, 3.8) is 0 Å². The number of carboxylic acids is 1. The summed E-state index contributed by atoms with van der Waals surface area (Å²) in [6.45, 7) is 10.6. The van der Waals surface area contributed by atoms with Gasteiger partial charge in [0.25, 0.3) is 0 Å². The molecule has 2 heterocycles. The van der Waals surface area contributed by atoms with Crippen LogP contribution >= 0.6 is 23.5 Å². The first-order valence-electron chi connectivity index (χ1n) is 19.4. The lowest BCUT2D eigenvalue weighted by atomic mass is 10.0. The van der Waals surface area contributed by atoms with Crippen molar-refractivity contribution < 1.29 is 9.90 Å². The van der Waals surface area contributed by atoms with Crippen molar-refractivity contribution in [3.05, 3.63) is 0 Å². The van der Waals surface area contributed by atoms with Crippen LogP contribution in [0, 0.1) is 0 Å². The van der Waals surface area contributed by atoms with Gasteiger partial charge in [0.05, 0.1) is 6.42 Å². The van der Waals surface area contributed by atoms with Gasteiger partial charge in [0.2, 0.25) is 5.95 Å². The van der Waals surface area contributed by atoms with Crippen molar-refractivity contribution in [2.45, 2.75) is 171 Å². The highest BCUT2D eigenvalue weighted by molar-refractivity contribution is 8.00. The van der Waals surface area contributed by atoms with Crippen LogP contribution in [0.3, 0.4) is 0 Å². The fraction of sp³-hybridized carbons (Fsp3) is 0.892. The number of carbonyl (C=O) groups is 1. The summed E-state index contributed by atoms with van der Waals surface area (Å²) in [5.41, 5.74) is 0. The van der Waals surface area contributed by atoms with Crippen LogP contribution in [0.25, 0.3) is 0 Å². The smallest absolute Gasteiger partial charge is 0.304 e. The number of aliphatic carboxylic acids is 1. The topological polar surface area (TPSA) is 94.5 Å². The zero-order valence-electron chi connectivity index (χ0n) is 30.5. The molecular weight excluding hydrogens is 625 g/mol. The molecule has 0 amide bonds. The van der Waals surface area contributed by atoms with E-state index in [-0.39, 0.29) is 11.7 Å². The Hall–Kier alpha value is -1.10. The summed E-state index contributed by atoms with van der Waals surface area (Å²) in [5, 5.41) is 14.4. The molecule has 8 nitrogen and oxygen atoms in total. The first-order valence-corrected chi connectivity index (χ1v) is 21.3. The zero-order valence-corrected chi connectivity index (χ0v) is 32.1. The van der Waals surface area contributed by atoms with Crippen molar-refractivity contribution in [1.29, 1.82) is 0 Å². The molecule has 0 spiro atoms. The average molecular weight is 695 g/mol. The molecule has 0 saturated carbocycles. The standard InChI is InChI=1S/C37H70N6O2S2/c1-4-6-8-10-11-12-13-14-15-16-17-18-19-20-21-23-31-46-36-39-35(38-25-26-43-29-27-42(3)28-30-43)40-37(41-36)47-33(32-34(44)45)24-22-9-7-5-2/h33H,4-32H2,1-3H3,(H,44,45)(H,38,39,40,41). The predicted octanol–water partition coefficient (Wildman–Crippen LogP) is 9.79. The maximum Gasteiger partial charge on any atom is 0.304 e. The summed E-state index contributed by atoms with van der Waals surface area (Å²) in [4.78, 5) is 30.8. The van der Waals surface area contributed by atoms with E-state index in [0.29, 0.717) is 11.1 Å². The normalized spacial score (nSPS) is 14.9. The molecule has 0 bridgehead atoms. The Kier molecular flexibility index (Phi) is 25.7. The number of hydrogen-bond donors (Lipinski definition) is 2. The number of thioether (sulfide) groups is 2. The molecule has 1 fully saturated rings. The third-order valence-corrected chi connectivity index (χ3v) is 11.2. The summed E-state index contributed by atoms with van der Waals surface area (Å²) >= 11 is 3.23. The lowest BCUT2D eigenvalue weighted by molar-refractivity contribution is -0.137. The lowest BCUT2D eigenvalue weighted by Crippen LogP contribution is -2.45. The van der Waals surface area contributed by atoms with E-state index in [4.69, 9.17) is 15.0 Å². The average Bonchev–Trinajstić information content (AvgIpc) is 3.05. The van der Waals surface area contributed by atoms with Crippen LogP contribution in [0.5, 0.6) is 0 Å². The van der Waals surface area contributed by atoms with E-state index in [2.05, 4.69) is 36.0 Å². The van der Waals surface area contributed by atoms with Gasteiger partial charge in [0, 0.05) is 50.3 Å². The fourth-order valence-corrected chi connectivity index (χ4v) is 8.07. The van der Waals surface area contributed by atoms with Gasteiger partial charge in [-0.25, -0.2) is 0 Å². The van der Waals surface area contributed by atoms with Gasteiger partial charge in [0.15, 0.2) is 10.3 Å². The highest BCUT2D eigenvalue weighted by atomic mass is 32.2. The van der Waals surface area contributed by atoms with Gasteiger partial charge in [-0.2, -0.15) is 15.0 Å². The Morgan fingerprint density at radius 1 is 0.723 bits per heavy atom. The molecule has 1 saturated heterocycles. The molecule has 1 aromatic heterocycles. The predicted molar refractivity (Wildman–Crippen MR) is 203 cm³/mol. The number of anilines is 1. The Balaban J connectivity index is 1.73. The van der Waals surface area contributed by atoms with Crippen molar-refractivity contribution in [2.75, 3.05) is 57.4 Å². The molecule has 272 valence electrons. The summed E-state index contributed by atoms with van der Waals surface area (Å²) in [7, 11) is 2.18. The van der Waals surface area contributed by atoms with E-state index in [1.807, 2.05) is 0 Å². The minimum Gasteiger partial charge on any atom is -0.481 e. The lowest BCUT2D eigenvalue weighted by Gasteiger charge is -2.32. The quantitative estimate of drug-likeness (QED) is 0.0578. The minimum atomic E-state index is -0.754. The van der Waals surface area contributed by atoms with Crippen molar-refractivity contribution in [3.8, 4) is 0 Å². The molecule has 0 aromatic carbocycles. The second-order valence-electron chi connectivity index (χ2n) is 13.6. The largest absolute Gasteiger partial charge is 0.481 e. The van der Waals surface area contributed by atoms with Crippen LogP contribution in [0.2, 0.25) is 0 Å². The van der Waals surface area contributed by atoms with Gasteiger partial charge in [0.1, 0.15) is 0 Å². The number of rotatable bonds is 31. The molecule has 1 unspecified atom stereocenters. The highest BCUT2D eigenvalue weighted by Gasteiger charge is 2.19. The van der Waals surface area contributed by atoms with Gasteiger partial charge >= 0.3 is 5.97 Å². The van der Waals surface area contributed by atoms with Gasteiger partial charge in [-0.1, -0.05) is 159 Å². The molecule has 0 radical (unpaired) electrons. The SMILES string of the molecule is CCCCCCCCCCCCCCCCCCSc1nc(NCCN2CCN(C)CC2)nc(SC(CCCCCC)CC(=O)O)n1. The van der Waals surface area contributed by atoms with Gasteiger partial charge < -0.3 is 15.3 Å². The monoisotopic (exact) mass is 695 g/mol. The maximum absolute atomic E-state index is 11.6. The molecule has 2 rings (SSSR count). The Morgan fingerprint density at radius 2 is 1.23 bits per heavy atom. The number of carboxylic acid groups (broad SMARTS) is 1. The maximum atomic E-state index is 11.6. The molecular formula is C37H70N6O2S2. The number of hydrogen-bond acceptors (Lipinski definition) is 9. The number of piperazine rings is 1. The van der Waals surface area contributed by atoms with Crippen molar-refractivity contribution in [1.82, 2.24) is 24.8 Å². The van der Waals surface area contributed by atoms with Crippen LogP contribution in [0.4, 0.5) is 5.95 Å². The number of aromatic nitrogens is 3. The molecule has 1 aliphatic rings. The number of unbranched alkanes of at least 4 members (excludes halogenated alkanes) is 18. The summed E-state index contributed by atoms with van der Waals surface area (Å²) in [6.07, 6.45) is 27.6. The Bertz CT molecular complexity index is 904. The molecule has 2 N–H and O–H groups in total. The van der Waals surface area contributed by atoms with Gasteiger partial charge in [-0.05, 0) is 19.9 Å². The summed E-state index contributed by atoms with van der Waals surface area (Å²) in [5.74, 6) is 0.866. The van der Waals surface area contributed by atoms with Crippen LogP contribution in [-0.2, 0) is 4.79 Å². The third-order valence-electron chi connectivity index (χ3n) is 9.18. The van der Waals surface area contributed by atoms with Gasteiger partial charge in [-0.3, -0.25) is 9.69 Å². The van der Waals surface area contributed by atoms with E-state index >= 15 is 0 Å². The van der Waals surface area contributed by atoms with Crippen LogP contribution < -0.4 is 5.32 Å². The number of likely N-dealkylation sites (N-methyl/N-ethyl adjacent to an activating group) is 1. The highest BCUT2D eigenvalue weighted by Crippen LogP contribution is 2.29. The van der Waals surface area contributed by atoms with Crippen molar-refractivity contribution >= 4 is 35.4 Å². The zero-order chi connectivity index (χ0) is 33.8. The molecule has 1 atom stereocenters. The van der Waals surface area contributed by atoms with Crippen molar-refractivity contribution in [2.24, 2.45) is 0 Å². The first-order chi connectivity index (χ1) is 23.0. The van der Waals surface area contributed by atoms with Crippen LogP contribution in [-0.4, -0.2) is 93.1 Å². The van der Waals surface area contributed by atoms with E-state index in [9.17, 15) is 9.90 Å². The second-order valence-corrected chi connectivity index (χ2v) is 16.0. The minimum absolute atomic E-state index is 0.0249. The number of nitrogens with zero attached hydrogens (tertiary/aromatic N) is 5. The van der Waals surface area contributed by atoms with E-state index < -0.39 is 5.97 Å². The summed E-state index contributed by atoms with van der Waals surface area (Å²) in [6, 6.07) is 0.